The van der Waals surface area contributed by atoms with Crippen LogP contribution in [0.2, 0.25) is 0 Å². The molecular weight excluding hydrogens is 266 g/mol. The largest absolute Gasteiger partial charge is 0.486 e. The van der Waals surface area contributed by atoms with Crippen molar-refractivity contribution in [1.29, 1.82) is 0 Å². The van der Waals surface area contributed by atoms with Crippen molar-refractivity contribution >= 4 is 27.9 Å². The minimum Gasteiger partial charge on any atom is -0.486 e. The van der Waals surface area contributed by atoms with E-state index in [4.69, 9.17) is 4.74 Å². The van der Waals surface area contributed by atoms with E-state index in [9.17, 15) is 14.9 Å². The van der Waals surface area contributed by atoms with Crippen LogP contribution < -0.4 is 4.74 Å². The summed E-state index contributed by atoms with van der Waals surface area (Å²) in [6.07, 6.45) is 0.904. The molecule has 0 aromatic heterocycles. The van der Waals surface area contributed by atoms with Gasteiger partial charge in [0.15, 0.2) is 0 Å². The third-order valence-electron chi connectivity index (χ3n) is 1.63. The Bertz CT molecular complexity index is 380. The Morgan fingerprint density at radius 3 is 2.87 bits per heavy atom. The number of para-hydroxylation sites is 1. The van der Waals surface area contributed by atoms with Gasteiger partial charge in [-0.05, 0) is 22.0 Å². The maximum atomic E-state index is 10.6. The van der Waals surface area contributed by atoms with Gasteiger partial charge < -0.3 is 9.53 Å². The Morgan fingerprint density at radius 1 is 1.53 bits per heavy atom. The summed E-state index contributed by atoms with van der Waals surface area (Å²) in [5.41, 5.74) is -0.115. The number of ether oxygens (including phenoxy) is 1. The van der Waals surface area contributed by atoms with Gasteiger partial charge in [0, 0.05) is 12.5 Å². The average molecular weight is 274 g/mol. The average Bonchev–Trinajstić information content (AvgIpc) is 2.20. The highest BCUT2D eigenvalue weighted by molar-refractivity contribution is 9.10. The van der Waals surface area contributed by atoms with Crippen molar-refractivity contribution in [3.05, 3.63) is 32.8 Å². The molecule has 0 atom stereocenters. The fraction of sp³-hybridized carbons (Fsp3) is 0.222. The third kappa shape index (κ3) is 3.02. The predicted octanol–water partition coefficient (Wildman–Crippen LogP) is 2.33. The number of hydrogen-bond acceptors (Lipinski definition) is 4. The van der Waals surface area contributed by atoms with E-state index in [-0.39, 0.29) is 24.5 Å². The van der Waals surface area contributed by atoms with E-state index in [0.717, 1.165) is 0 Å². The number of hydrogen-bond donors (Lipinski definition) is 0. The zero-order valence-electron chi connectivity index (χ0n) is 7.68. The summed E-state index contributed by atoms with van der Waals surface area (Å²) in [6, 6.07) is 4.54. The van der Waals surface area contributed by atoms with Crippen LogP contribution in [0.1, 0.15) is 6.42 Å². The molecule has 0 aliphatic heterocycles. The molecule has 0 unspecified atom stereocenters. The normalized spacial score (nSPS) is 9.67. The van der Waals surface area contributed by atoms with Crippen molar-refractivity contribution in [3.8, 4) is 5.75 Å². The molecule has 0 N–H and O–H groups in total. The summed E-state index contributed by atoms with van der Waals surface area (Å²) < 4.78 is 5.65. The van der Waals surface area contributed by atoms with Crippen molar-refractivity contribution in [1.82, 2.24) is 0 Å². The van der Waals surface area contributed by atoms with E-state index < -0.39 is 4.92 Å². The van der Waals surface area contributed by atoms with Gasteiger partial charge in [0.1, 0.15) is 6.29 Å². The summed E-state index contributed by atoms with van der Waals surface area (Å²) in [5.74, 6) is 0.157. The van der Waals surface area contributed by atoms with Gasteiger partial charge in [-0.3, -0.25) is 10.1 Å². The number of halogens is 1. The smallest absolute Gasteiger partial charge is 0.312 e. The minimum absolute atomic E-state index is 0.115. The van der Waals surface area contributed by atoms with Gasteiger partial charge in [-0.25, -0.2) is 0 Å². The van der Waals surface area contributed by atoms with Gasteiger partial charge in [0.05, 0.1) is 16.0 Å². The van der Waals surface area contributed by atoms with Gasteiger partial charge in [-0.2, -0.15) is 0 Å². The molecule has 0 spiro atoms. The summed E-state index contributed by atoms with van der Waals surface area (Å²) in [4.78, 5) is 20.2. The maximum absolute atomic E-state index is 10.6. The van der Waals surface area contributed by atoms with Crippen LogP contribution in [-0.4, -0.2) is 17.8 Å². The molecule has 0 radical (unpaired) electrons. The number of nitro benzene ring substituents is 1. The Kier molecular flexibility index (Phi) is 4.23. The van der Waals surface area contributed by atoms with Crippen LogP contribution in [0.25, 0.3) is 0 Å². The van der Waals surface area contributed by atoms with Crippen molar-refractivity contribution < 1.29 is 14.5 Å². The lowest BCUT2D eigenvalue weighted by Crippen LogP contribution is -2.01. The van der Waals surface area contributed by atoms with Crippen molar-refractivity contribution in [2.24, 2.45) is 0 Å². The minimum atomic E-state index is -0.527. The van der Waals surface area contributed by atoms with Crippen molar-refractivity contribution in [2.75, 3.05) is 6.61 Å². The lowest BCUT2D eigenvalue weighted by molar-refractivity contribution is -0.385. The van der Waals surface area contributed by atoms with Crippen molar-refractivity contribution in [3.63, 3.8) is 0 Å². The first kappa shape index (κ1) is 11.6. The van der Waals surface area contributed by atoms with Gasteiger partial charge >= 0.3 is 5.69 Å². The molecule has 0 aliphatic carbocycles. The topological polar surface area (TPSA) is 69.4 Å². The van der Waals surface area contributed by atoms with Gasteiger partial charge in [0.25, 0.3) is 0 Å². The number of nitrogens with zero attached hydrogens (tertiary/aromatic N) is 1. The first-order valence-electron chi connectivity index (χ1n) is 4.16. The number of aldehydes is 1. The molecule has 1 aromatic carbocycles. The van der Waals surface area contributed by atoms with Gasteiger partial charge in [-0.1, -0.05) is 6.07 Å². The lowest BCUT2D eigenvalue weighted by Gasteiger charge is -2.06. The molecule has 0 saturated heterocycles. The van der Waals surface area contributed by atoms with E-state index in [2.05, 4.69) is 15.9 Å². The van der Waals surface area contributed by atoms with E-state index >= 15 is 0 Å². The van der Waals surface area contributed by atoms with E-state index in [0.29, 0.717) is 10.8 Å². The molecular formula is C9H8BrNO4. The summed E-state index contributed by atoms with van der Waals surface area (Å²) in [7, 11) is 0. The van der Waals surface area contributed by atoms with Crippen molar-refractivity contribution in [2.45, 2.75) is 6.42 Å². The molecule has 1 rings (SSSR count). The predicted molar refractivity (Wildman–Crippen MR) is 57.0 cm³/mol. The molecule has 0 aliphatic rings. The molecule has 80 valence electrons. The zero-order chi connectivity index (χ0) is 11.3. The zero-order valence-corrected chi connectivity index (χ0v) is 9.27. The van der Waals surface area contributed by atoms with Gasteiger partial charge in [-0.15, -0.1) is 0 Å². The lowest BCUT2D eigenvalue weighted by atomic mass is 10.3. The Hall–Kier alpha value is -1.43. The molecule has 1 aromatic rings. The van der Waals surface area contributed by atoms with Crippen LogP contribution in [0, 0.1) is 10.1 Å². The van der Waals surface area contributed by atoms with E-state index in [1.165, 1.54) is 6.07 Å². The second kappa shape index (κ2) is 5.45. The second-order valence-corrected chi connectivity index (χ2v) is 3.50. The van der Waals surface area contributed by atoms with Gasteiger partial charge in [0.2, 0.25) is 5.75 Å². The Labute approximate surface area is 94.3 Å². The highest BCUT2D eigenvalue weighted by Gasteiger charge is 2.17. The van der Waals surface area contributed by atoms with E-state index in [1.807, 2.05) is 0 Å². The second-order valence-electron chi connectivity index (χ2n) is 2.65. The third-order valence-corrected chi connectivity index (χ3v) is 2.25. The van der Waals surface area contributed by atoms with Crippen LogP contribution in [0.5, 0.6) is 5.75 Å². The maximum Gasteiger partial charge on any atom is 0.312 e. The molecule has 15 heavy (non-hydrogen) atoms. The molecule has 5 nitrogen and oxygen atoms in total. The number of carbonyl (C=O) groups is 1. The highest BCUT2D eigenvalue weighted by atomic mass is 79.9. The Morgan fingerprint density at radius 2 is 2.27 bits per heavy atom. The quantitative estimate of drug-likeness (QED) is 0.357. The fourth-order valence-electron chi connectivity index (χ4n) is 0.993. The monoisotopic (exact) mass is 273 g/mol. The molecule has 0 bridgehead atoms. The molecule has 6 heteroatoms. The van der Waals surface area contributed by atoms with E-state index in [1.54, 1.807) is 12.1 Å². The summed E-state index contributed by atoms with van der Waals surface area (Å²) in [5, 5.41) is 10.6. The standard InChI is InChI=1S/C9H8BrNO4/c10-7-3-1-4-8(11(13)14)9(7)15-6-2-5-12/h1,3-5H,2,6H2. The number of rotatable bonds is 5. The van der Waals surface area contributed by atoms with Crippen LogP contribution in [0.15, 0.2) is 22.7 Å². The fourth-order valence-corrected chi connectivity index (χ4v) is 1.46. The molecule has 0 saturated carbocycles. The first-order chi connectivity index (χ1) is 7.16. The highest BCUT2D eigenvalue weighted by Crippen LogP contribution is 2.34. The van der Waals surface area contributed by atoms with Crippen LogP contribution in [0.3, 0.4) is 0 Å². The number of carbonyl (C=O) groups excluding carboxylic acids is 1. The number of nitro groups is 1. The molecule has 0 heterocycles. The van der Waals surface area contributed by atoms with Crippen LogP contribution >= 0.6 is 15.9 Å². The summed E-state index contributed by atoms with van der Waals surface area (Å²) >= 11 is 3.15. The first-order valence-corrected chi connectivity index (χ1v) is 4.95. The Balaban J connectivity index is 2.92. The summed E-state index contributed by atoms with van der Waals surface area (Å²) in [6.45, 7) is 0.132. The van der Waals surface area contributed by atoms with Crippen LogP contribution in [0.4, 0.5) is 5.69 Å². The molecule has 0 amide bonds. The molecule has 0 fully saturated rings. The SMILES string of the molecule is O=CCCOc1c(Br)cccc1[N+](=O)[O-]. The van der Waals surface area contributed by atoms with Crippen LogP contribution in [-0.2, 0) is 4.79 Å². The number of benzene rings is 1.